The van der Waals surface area contributed by atoms with E-state index in [1.807, 2.05) is 0 Å². The Kier molecular flexibility index (Phi) is 16.8. The molecule has 1 N–H and O–H groups in total. The molecule has 0 saturated heterocycles. The summed E-state index contributed by atoms with van der Waals surface area (Å²) >= 11 is 0. The van der Waals surface area contributed by atoms with Crippen molar-refractivity contribution in [1.29, 1.82) is 0 Å². The van der Waals surface area contributed by atoms with Gasteiger partial charge in [0, 0.05) is 18.4 Å². The van der Waals surface area contributed by atoms with Gasteiger partial charge in [-0.2, -0.15) is 74.6 Å². The SMILES string of the molecule is CCOC(=O)/C=C/C=C/[C@@H](C)[C@H](O)c1ccc(OCCO[Si](CCC(F)(F)C(F)(F)C(F)(F)C(F)(F)C(F)(F)C(F)(F)C(F)(F)C(F)(F)F)(C(C)C)C(C)C)cc1. The first-order chi connectivity index (χ1) is 25.6. The lowest BCUT2D eigenvalue weighted by molar-refractivity contribution is -0.461. The molecule has 0 fully saturated rings. The van der Waals surface area contributed by atoms with E-state index in [2.05, 4.69) is 0 Å². The van der Waals surface area contributed by atoms with Crippen LogP contribution in [0.25, 0.3) is 0 Å². The number of hydrogen-bond acceptors (Lipinski definition) is 5. The fourth-order valence-electron chi connectivity index (χ4n) is 5.48. The van der Waals surface area contributed by atoms with Gasteiger partial charge in [0.05, 0.1) is 19.3 Å². The first kappa shape index (κ1) is 51.9. The Bertz CT molecular complexity index is 1500. The zero-order chi connectivity index (χ0) is 44.9. The normalized spacial score (nSPS) is 15.9. The Hall–Kier alpha value is -3.08. The summed E-state index contributed by atoms with van der Waals surface area (Å²) in [6, 6.07) is 4.47. The molecule has 1 rings (SSSR count). The number of carbonyl (C=O) groups excluding carboxylic acids is 1. The third-order valence-corrected chi connectivity index (χ3v) is 14.7. The van der Waals surface area contributed by atoms with E-state index in [1.54, 1.807) is 19.9 Å². The van der Waals surface area contributed by atoms with Crippen LogP contribution in [0, 0.1) is 5.92 Å². The Morgan fingerprint density at radius 1 is 0.684 bits per heavy atom. The Balaban J connectivity index is 3.17. The maximum absolute atomic E-state index is 14.9. The van der Waals surface area contributed by atoms with Crippen LogP contribution in [-0.4, -0.2) is 86.8 Å². The molecule has 0 aromatic heterocycles. The van der Waals surface area contributed by atoms with Crippen LogP contribution in [0.2, 0.25) is 17.1 Å². The maximum atomic E-state index is 14.9. The van der Waals surface area contributed by atoms with Gasteiger partial charge in [0.15, 0.2) is 8.32 Å². The summed E-state index contributed by atoms with van der Waals surface area (Å²) in [6.45, 7) is 7.93. The number of aliphatic hydroxyl groups excluding tert-OH is 1. The standard InChI is InChI=1S/C34H41F17O5Si/c1-7-54-25(52)11-9-8-10-22(6)26(53)23-12-14-24(15-13-23)55-17-18-56-57(20(2)3,21(4)5)19-16-27(35,36)28(37,38)29(39,40)30(41,42)31(43,44)32(45,46)33(47,48)34(49,50)51/h8-15,20-22,26,53H,7,16-19H2,1-6H3/b10-8+,11-9+/t22-,26+/m1/s1. The van der Waals surface area contributed by atoms with Gasteiger partial charge in [-0.1, -0.05) is 65.0 Å². The minimum absolute atomic E-state index is 0.168. The number of alkyl halides is 17. The van der Waals surface area contributed by atoms with Gasteiger partial charge >= 0.3 is 53.6 Å². The quantitative estimate of drug-likeness (QED) is 0.0314. The van der Waals surface area contributed by atoms with Crippen molar-refractivity contribution in [3.05, 3.63) is 54.1 Å². The average Bonchev–Trinajstić information content (AvgIpc) is 3.08. The molecule has 0 aliphatic rings. The highest BCUT2D eigenvalue weighted by Crippen LogP contribution is 2.64. The molecule has 1 aromatic rings. The van der Waals surface area contributed by atoms with Crippen LogP contribution < -0.4 is 4.74 Å². The minimum atomic E-state index is -8.68. The number of aliphatic hydroxyl groups is 1. The monoisotopic (exact) mass is 880 g/mol. The molecule has 0 radical (unpaired) electrons. The van der Waals surface area contributed by atoms with E-state index in [0.29, 0.717) is 5.56 Å². The van der Waals surface area contributed by atoms with Gasteiger partial charge in [0.25, 0.3) is 0 Å². The second-order valence-corrected chi connectivity index (χ2v) is 18.5. The molecule has 0 bridgehead atoms. The number of allylic oxidation sites excluding steroid dienone is 2. The lowest BCUT2D eigenvalue weighted by atomic mass is 9.88. The van der Waals surface area contributed by atoms with Crippen molar-refractivity contribution in [2.75, 3.05) is 19.8 Å². The highest BCUT2D eigenvalue weighted by atomic mass is 28.4. The summed E-state index contributed by atoms with van der Waals surface area (Å²) in [7, 11) is -3.94. The van der Waals surface area contributed by atoms with Crippen molar-refractivity contribution in [3.8, 4) is 5.75 Å². The third kappa shape index (κ3) is 10.4. The van der Waals surface area contributed by atoms with Gasteiger partial charge < -0.3 is 19.0 Å². The first-order valence-electron chi connectivity index (χ1n) is 16.8. The lowest BCUT2D eigenvalue weighted by Gasteiger charge is -2.44. The largest absolute Gasteiger partial charge is 0.491 e. The minimum Gasteiger partial charge on any atom is -0.491 e. The van der Waals surface area contributed by atoms with Crippen LogP contribution >= 0.6 is 0 Å². The van der Waals surface area contributed by atoms with E-state index < -0.39 is 104 Å². The predicted octanol–water partition coefficient (Wildman–Crippen LogP) is 11.6. The smallest absolute Gasteiger partial charge is 0.460 e. The summed E-state index contributed by atoms with van der Waals surface area (Å²) < 4.78 is 250. The van der Waals surface area contributed by atoms with Crippen molar-refractivity contribution in [2.45, 2.75) is 119 Å². The second kappa shape index (κ2) is 18.5. The summed E-state index contributed by atoms with van der Waals surface area (Å²) in [5, 5.41) is 10.6. The van der Waals surface area contributed by atoms with Crippen LogP contribution in [0.3, 0.4) is 0 Å². The maximum Gasteiger partial charge on any atom is 0.460 e. The molecule has 0 heterocycles. The molecule has 57 heavy (non-hydrogen) atoms. The number of esters is 1. The number of halogens is 17. The van der Waals surface area contributed by atoms with Gasteiger partial charge in [-0.25, -0.2) is 4.79 Å². The number of hydrogen-bond donors (Lipinski definition) is 1. The zero-order valence-electron chi connectivity index (χ0n) is 31.0. The molecule has 0 aliphatic carbocycles. The third-order valence-electron chi connectivity index (χ3n) is 9.06. The topological polar surface area (TPSA) is 65.0 Å². The highest BCUT2D eigenvalue weighted by molar-refractivity contribution is 6.76. The second-order valence-electron chi connectivity index (χ2n) is 13.5. The van der Waals surface area contributed by atoms with Crippen LogP contribution in [0.5, 0.6) is 5.75 Å². The van der Waals surface area contributed by atoms with Gasteiger partial charge in [0.2, 0.25) is 0 Å². The fraction of sp³-hybridized carbons (Fsp3) is 0.676. The Labute approximate surface area is 317 Å². The van der Waals surface area contributed by atoms with Crippen molar-refractivity contribution in [1.82, 2.24) is 0 Å². The molecular formula is C34H41F17O5Si. The Morgan fingerprint density at radius 3 is 1.58 bits per heavy atom. The van der Waals surface area contributed by atoms with E-state index in [9.17, 15) is 84.5 Å². The molecule has 1 aromatic carbocycles. The highest BCUT2D eigenvalue weighted by Gasteiger charge is 2.95. The summed E-state index contributed by atoms with van der Waals surface area (Å²) in [5.41, 5.74) is -1.28. The van der Waals surface area contributed by atoms with Gasteiger partial charge in [-0.3, -0.25) is 0 Å². The molecule has 0 aliphatic heterocycles. The first-order valence-corrected chi connectivity index (χ1v) is 19.1. The van der Waals surface area contributed by atoms with Crippen LogP contribution in [0.1, 0.15) is 59.6 Å². The number of benzene rings is 1. The van der Waals surface area contributed by atoms with Crippen LogP contribution in [0.4, 0.5) is 74.6 Å². The van der Waals surface area contributed by atoms with E-state index >= 15 is 0 Å². The molecule has 330 valence electrons. The number of carbonyl (C=O) groups is 1. The van der Waals surface area contributed by atoms with Gasteiger partial charge in [0.1, 0.15) is 12.4 Å². The number of ether oxygens (including phenoxy) is 2. The summed E-state index contributed by atoms with van der Waals surface area (Å²) in [4.78, 5) is 11.3. The van der Waals surface area contributed by atoms with Crippen molar-refractivity contribution < 1.29 is 98.4 Å². The Morgan fingerprint density at radius 2 is 1.14 bits per heavy atom. The fourth-order valence-corrected chi connectivity index (χ4v) is 9.95. The predicted molar refractivity (Wildman–Crippen MR) is 173 cm³/mol. The molecular weight excluding hydrogens is 839 g/mol. The van der Waals surface area contributed by atoms with Crippen molar-refractivity contribution >= 4 is 14.3 Å². The molecule has 23 heteroatoms. The average molecular weight is 881 g/mol. The molecule has 0 saturated carbocycles. The molecule has 0 spiro atoms. The molecule has 0 unspecified atom stereocenters. The van der Waals surface area contributed by atoms with E-state index in [0.717, 1.165) is 0 Å². The lowest BCUT2D eigenvalue weighted by Crippen LogP contribution is -2.74. The molecule has 5 nitrogen and oxygen atoms in total. The van der Waals surface area contributed by atoms with Crippen LogP contribution in [-0.2, 0) is 14.0 Å². The van der Waals surface area contributed by atoms with Crippen molar-refractivity contribution in [3.63, 3.8) is 0 Å². The molecule has 2 atom stereocenters. The van der Waals surface area contributed by atoms with E-state index in [-0.39, 0.29) is 19.0 Å². The summed E-state index contributed by atoms with van der Waals surface area (Å²) in [6.07, 6.45) is -5.68. The zero-order valence-corrected chi connectivity index (χ0v) is 32.0. The molecule has 0 amide bonds. The van der Waals surface area contributed by atoms with Crippen molar-refractivity contribution in [2.24, 2.45) is 5.92 Å². The van der Waals surface area contributed by atoms with E-state index in [1.165, 1.54) is 70.2 Å². The number of rotatable bonds is 22. The van der Waals surface area contributed by atoms with Gasteiger partial charge in [-0.05, 0) is 41.7 Å². The van der Waals surface area contributed by atoms with E-state index in [4.69, 9.17) is 13.9 Å². The summed E-state index contributed by atoms with van der Waals surface area (Å²) in [5.74, 6) is -57.5. The van der Waals surface area contributed by atoms with Crippen LogP contribution in [0.15, 0.2) is 48.6 Å². The van der Waals surface area contributed by atoms with Gasteiger partial charge in [-0.15, -0.1) is 0 Å².